The highest BCUT2D eigenvalue weighted by Crippen LogP contribution is 2.10. The summed E-state index contributed by atoms with van der Waals surface area (Å²) in [4.78, 5) is 24.7. The Morgan fingerprint density at radius 1 is 1.42 bits per heavy atom. The van der Waals surface area contributed by atoms with E-state index in [0.717, 1.165) is 10.6 Å². The van der Waals surface area contributed by atoms with E-state index in [-0.39, 0.29) is 17.1 Å². The standard InChI is InChI=1S/C12H7ClFN3O2/c13-9-6-17(12(19)16-11(9)18)5-7-1-2-10(14)8(3-7)4-15/h1-3,6H,5H2,(H,16,18,19). The van der Waals surface area contributed by atoms with Crippen molar-refractivity contribution in [3.63, 3.8) is 0 Å². The lowest BCUT2D eigenvalue weighted by Gasteiger charge is -2.06. The van der Waals surface area contributed by atoms with Crippen LogP contribution in [0.5, 0.6) is 0 Å². The summed E-state index contributed by atoms with van der Waals surface area (Å²) in [5.74, 6) is -0.627. The van der Waals surface area contributed by atoms with Crippen molar-refractivity contribution < 1.29 is 4.39 Å². The first-order valence-corrected chi connectivity index (χ1v) is 5.57. The number of halogens is 2. The highest BCUT2D eigenvalue weighted by atomic mass is 35.5. The maximum Gasteiger partial charge on any atom is 0.328 e. The van der Waals surface area contributed by atoms with Crippen molar-refractivity contribution in [3.8, 4) is 6.07 Å². The van der Waals surface area contributed by atoms with Crippen LogP contribution in [0.4, 0.5) is 4.39 Å². The van der Waals surface area contributed by atoms with Gasteiger partial charge in [-0.2, -0.15) is 5.26 Å². The topological polar surface area (TPSA) is 78.7 Å². The molecule has 1 heterocycles. The molecule has 0 radical (unpaired) electrons. The zero-order valence-corrected chi connectivity index (χ0v) is 10.2. The predicted octanol–water partition coefficient (Wildman–Crippen LogP) is 1.25. The number of H-pyrrole nitrogens is 1. The normalized spacial score (nSPS) is 10.2. The van der Waals surface area contributed by atoms with Crippen molar-refractivity contribution in [2.45, 2.75) is 6.54 Å². The van der Waals surface area contributed by atoms with Crippen molar-refractivity contribution in [3.05, 3.63) is 67.2 Å². The lowest BCUT2D eigenvalue weighted by molar-refractivity contribution is 0.621. The fourth-order valence-corrected chi connectivity index (χ4v) is 1.72. The number of rotatable bonds is 2. The van der Waals surface area contributed by atoms with Gasteiger partial charge in [-0.1, -0.05) is 17.7 Å². The molecule has 2 aromatic rings. The Bertz CT molecular complexity index is 789. The summed E-state index contributed by atoms with van der Waals surface area (Å²) < 4.78 is 14.3. The number of nitrogens with zero attached hydrogens (tertiary/aromatic N) is 2. The van der Waals surface area contributed by atoms with Gasteiger partial charge < -0.3 is 0 Å². The van der Waals surface area contributed by atoms with Crippen LogP contribution < -0.4 is 11.2 Å². The van der Waals surface area contributed by atoms with Gasteiger partial charge in [0.2, 0.25) is 0 Å². The van der Waals surface area contributed by atoms with Crippen LogP contribution in [-0.4, -0.2) is 9.55 Å². The molecule has 1 aromatic heterocycles. The van der Waals surface area contributed by atoms with Crippen LogP contribution in [0.1, 0.15) is 11.1 Å². The molecule has 1 aromatic carbocycles. The van der Waals surface area contributed by atoms with Crippen molar-refractivity contribution in [2.24, 2.45) is 0 Å². The fourth-order valence-electron chi connectivity index (χ4n) is 1.55. The molecule has 96 valence electrons. The number of nitriles is 1. The predicted molar refractivity (Wildman–Crippen MR) is 66.5 cm³/mol. The molecule has 1 N–H and O–H groups in total. The van der Waals surface area contributed by atoms with Crippen LogP contribution >= 0.6 is 11.6 Å². The Kier molecular flexibility index (Phi) is 3.49. The molecule has 0 saturated carbocycles. The van der Waals surface area contributed by atoms with Crippen molar-refractivity contribution in [2.75, 3.05) is 0 Å². The molecule has 0 atom stereocenters. The number of aromatic nitrogens is 2. The van der Waals surface area contributed by atoms with E-state index in [1.807, 2.05) is 4.98 Å². The molecular formula is C12H7ClFN3O2. The van der Waals surface area contributed by atoms with Gasteiger partial charge in [-0.05, 0) is 17.7 Å². The second kappa shape index (κ2) is 5.08. The first kappa shape index (κ1) is 13.1. The molecule has 0 spiro atoms. The molecule has 0 aliphatic heterocycles. The average Bonchev–Trinajstić information content (AvgIpc) is 2.38. The van der Waals surface area contributed by atoms with Gasteiger partial charge in [0.05, 0.1) is 12.1 Å². The van der Waals surface area contributed by atoms with Crippen molar-refractivity contribution in [1.29, 1.82) is 5.26 Å². The molecule has 0 aliphatic rings. The van der Waals surface area contributed by atoms with E-state index in [1.54, 1.807) is 6.07 Å². The number of hydrogen-bond donors (Lipinski definition) is 1. The molecule has 5 nitrogen and oxygen atoms in total. The minimum absolute atomic E-state index is 0.0737. The Hall–Kier alpha value is -2.39. The Balaban J connectivity index is 2.42. The lowest BCUT2D eigenvalue weighted by atomic mass is 10.1. The van der Waals surface area contributed by atoms with Gasteiger partial charge in [-0.25, -0.2) is 9.18 Å². The van der Waals surface area contributed by atoms with Gasteiger partial charge >= 0.3 is 5.69 Å². The molecule has 7 heteroatoms. The zero-order valence-electron chi connectivity index (χ0n) is 9.48. The Labute approximate surface area is 111 Å². The highest BCUT2D eigenvalue weighted by molar-refractivity contribution is 6.30. The van der Waals surface area contributed by atoms with Crippen LogP contribution in [0.15, 0.2) is 34.0 Å². The Morgan fingerprint density at radius 2 is 2.16 bits per heavy atom. The number of hydrogen-bond acceptors (Lipinski definition) is 3. The van der Waals surface area contributed by atoms with Crippen LogP contribution in [-0.2, 0) is 6.54 Å². The van der Waals surface area contributed by atoms with Crippen LogP contribution in [0.25, 0.3) is 0 Å². The maximum absolute atomic E-state index is 13.1. The number of aromatic amines is 1. The van der Waals surface area contributed by atoms with E-state index in [4.69, 9.17) is 16.9 Å². The van der Waals surface area contributed by atoms with E-state index >= 15 is 0 Å². The summed E-state index contributed by atoms with van der Waals surface area (Å²) >= 11 is 5.62. The first-order chi connectivity index (χ1) is 9.01. The number of benzene rings is 1. The lowest BCUT2D eigenvalue weighted by Crippen LogP contribution is -2.29. The second-order valence-corrected chi connectivity index (χ2v) is 4.20. The van der Waals surface area contributed by atoms with Crippen molar-refractivity contribution >= 4 is 11.6 Å². The number of nitrogens with one attached hydrogen (secondary N) is 1. The van der Waals surface area contributed by atoms with E-state index in [2.05, 4.69) is 0 Å². The van der Waals surface area contributed by atoms with Crippen LogP contribution in [0.3, 0.4) is 0 Å². The summed E-state index contributed by atoms with van der Waals surface area (Å²) in [6.45, 7) is 0.0737. The van der Waals surface area contributed by atoms with Crippen molar-refractivity contribution in [1.82, 2.24) is 9.55 Å². The van der Waals surface area contributed by atoms with Gasteiger partial charge in [0.15, 0.2) is 0 Å². The quantitative estimate of drug-likeness (QED) is 0.898. The molecule has 0 bridgehead atoms. The van der Waals surface area contributed by atoms with Gasteiger partial charge in [0.25, 0.3) is 5.56 Å². The SMILES string of the molecule is N#Cc1cc(Cn2cc(Cl)c(=O)[nH]c2=O)ccc1F. The van der Waals surface area contributed by atoms with E-state index < -0.39 is 17.1 Å². The minimum atomic E-state index is -0.667. The van der Waals surface area contributed by atoms with Gasteiger partial charge in [0, 0.05) is 6.20 Å². The molecular weight excluding hydrogens is 273 g/mol. The van der Waals surface area contributed by atoms with E-state index in [1.165, 1.54) is 18.3 Å². The maximum atomic E-state index is 13.1. The van der Waals surface area contributed by atoms with Gasteiger partial charge in [0.1, 0.15) is 16.9 Å². The molecule has 19 heavy (non-hydrogen) atoms. The summed E-state index contributed by atoms with van der Waals surface area (Å²) in [6, 6.07) is 5.64. The highest BCUT2D eigenvalue weighted by Gasteiger charge is 2.06. The van der Waals surface area contributed by atoms with Crippen LogP contribution in [0.2, 0.25) is 5.02 Å². The molecule has 0 fully saturated rings. The summed E-state index contributed by atoms with van der Waals surface area (Å²) in [6.07, 6.45) is 1.19. The van der Waals surface area contributed by atoms with Gasteiger partial charge in [-0.3, -0.25) is 14.3 Å². The fraction of sp³-hybridized carbons (Fsp3) is 0.0833. The van der Waals surface area contributed by atoms with E-state index in [0.29, 0.717) is 5.56 Å². The largest absolute Gasteiger partial charge is 0.328 e. The molecule has 2 rings (SSSR count). The van der Waals surface area contributed by atoms with E-state index in [9.17, 15) is 14.0 Å². The van der Waals surface area contributed by atoms with Crippen LogP contribution in [0, 0.1) is 17.1 Å². The summed E-state index contributed by atoms with van der Waals surface area (Å²) in [5, 5.41) is 8.59. The third kappa shape index (κ3) is 2.72. The average molecular weight is 280 g/mol. The monoisotopic (exact) mass is 279 g/mol. The molecule has 0 unspecified atom stereocenters. The Morgan fingerprint density at radius 3 is 2.84 bits per heavy atom. The van der Waals surface area contributed by atoms with Gasteiger partial charge in [-0.15, -0.1) is 0 Å². The summed E-state index contributed by atoms with van der Waals surface area (Å²) in [5.41, 5.74) is -0.860. The smallest absolute Gasteiger partial charge is 0.295 e. The zero-order chi connectivity index (χ0) is 14.0. The molecule has 0 aliphatic carbocycles. The third-order valence-corrected chi connectivity index (χ3v) is 2.74. The molecule has 0 saturated heterocycles. The third-order valence-electron chi connectivity index (χ3n) is 2.47. The summed E-state index contributed by atoms with van der Waals surface area (Å²) in [7, 11) is 0. The minimum Gasteiger partial charge on any atom is -0.295 e. The first-order valence-electron chi connectivity index (χ1n) is 5.19. The molecule has 0 amide bonds. The second-order valence-electron chi connectivity index (χ2n) is 3.79.